The van der Waals surface area contributed by atoms with Gasteiger partial charge in [0.25, 0.3) is 5.78 Å². The summed E-state index contributed by atoms with van der Waals surface area (Å²) in [5.41, 5.74) is 2.01. The van der Waals surface area contributed by atoms with Crippen molar-refractivity contribution in [3.8, 4) is 0 Å². The lowest BCUT2D eigenvalue weighted by Gasteiger charge is -2.30. The molecule has 1 aliphatic heterocycles. The number of thioether (sulfide) groups is 1. The molecule has 0 atom stereocenters. The Hall–Kier alpha value is -1.71. The number of fused-ring (bicyclic) bond motifs is 8. The molecule has 0 saturated carbocycles. The van der Waals surface area contributed by atoms with Crippen LogP contribution in [0.5, 0.6) is 0 Å². The van der Waals surface area contributed by atoms with Gasteiger partial charge < -0.3 is 4.74 Å². The van der Waals surface area contributed by atoms with E-state index in [-0.39, 0.29) is 5.60 Å². The van der Waals surface area contributed by atoms with Crippen LogP contribution in [0.25, 0.3) is 21.6 Å². The van der Waals surface area contributed by atoms with Gasteiger partial charge in [-0.1, -0.05) is 25.6 Å². The molecule has 0 N–H and O–H groups in total. The van der Waals surface area contributed by atoms with E-state index in [4.69, 9.17) is 4.74 Å². The standard InChI is InChI=1S/C16H18N6OS2/c1-8(2)24-15-20-19-14-21(15)13-11(12-17-7-18-22(12)14)9-5-16(3,4)23-6-10(9)25-13/h7-8H,5-6H2,1-4H3. The van der Waals surface area contributed by atoms with E-state index in [0.717, 1.165) is 27.4 Å². The number of hydrogen-bond donors (Lipinski definition) is 0. The lowest BCUT2D eigenvalue weighted by Crippen LogP contribution is -2.31. The molecular formula is C16H18N6OS2. The van der Waals surface area contributed by atoms with Gasteiger partial charge in [0.15, 0.2) is 10.8 Å². The first kappa shape index (κ1) is 15.5. The zero-order chi connectivity index (χ0) is 17.3. The molecule has 0 aliphatic carbocycles. The number of rotatable bonds is 2. The zero-order valence-electron chi connectivity index (χ0n) is 14.5. The smallest absolute Gasteiger partial charge is 0.260 e. The van der Waals surface area contributed by atoms with E-state index in [1.807, 2.05) is 0 Å². The van der Waals surface area contributed by atoms with Gasteiger partial charge in [-0.3, -0.25) is 0 Å². The summed E-state index contributed by atoms with van der Waals surface area (Å²) in [4.78, 5) is 6.92. The van der Waals surface area contributed by atoms with E-state index in [1.165, 1.54) is 10.4 Å². The van der Waals surface area contributed by atoms with Crippen LogP contribution >= 0.6 is 23.1 Å². The fraction of sp³-hybridized carbons (Fsp3) is 0.500. The van der Waals surface area contributed by atoms with E-state index in [9.17, 15) is 0 Å². The summed E-state index contributed by atoms with van der Waals surface area (Å²) in [6.45, 7) is 9.23. The molecule has 0 aromatic carbocycles. The Morgan fingerprint density at radius 2 is 2.16 bits per heavy atom. The molecule has 0 unspecified atom stereocenters. The first-order valence-corrected chi connectivity index (χ1v) is 9.96. The van der Waals surface area contributed by atoms with Gasteiger partial charge in [0, 0.05) is 16.5 Å². The first-order valence-electron chi connectivity index (χ1n) is 8.26. The summed E-state index contributed by atoms with van der Waals surface area (Å²) >= 11 is 3.47. The van der Waals surface area contributed by atoms with Gasteiger partial charge in [0.2, 0.25) is 0 Å². The lowest BCUT2D eigenvalue weighted by atomic mass is 9.94. The van der Waals surface area contributed by atoms with Crippen molar-refractivity contribution in [1.82, 2.24) is 29.2 Å². The van der Waals surface area contributed by atoms with E-state index in [2.05, 4.69) is 52.4 Å². The fourth-order valence-electron chi connectivity index (χ4n) is 3.35. The normalized spacial score (nSPS) is 17.2. The maximum Gasteiger partial charge on any atom is 0.260 e. The maximum atomic E-state index is 6.03. The minimum atomic E-state index is -0.171. The molecule has 9 heteroatoms. The maximum absolute atomic E-state index is 6.03. The van der Waals surface area contributed by atoms with Crippen molar-refractivity contribution >= 4 is 44.7 Å². The molecule has 25 heavy (non-hydrogen) atoms. The zero-order valence-corrected chi connectivity index (χ0v) is 16.1. The highest BCUT2D eigenvalue weighted by molar-refractivity contribution is 7.99. The highest BCUT2D eigenvalue weighted by Crippen LogP contribution is 2.41. The SMILES string of the molecule is CC(C)Sc1nnc2n3ncnc3c3c4c(sc3n12)COC(C)(C)C4. The third-order valence-corrected chi connectivity index (χ3v) is 6.53. The number of ether oxygens (including phenoxy) is 1. The topological polar surface area (TPSA) is 69.6 Å². The van der Waals surface area contributed by atoms with Gasteiger partial charge in [0.05, 0.1) is 17.6 Å². The summed E-state index contributed by atoms with van der Waals surface area (Å²) in [5, 5.41) is 15.7. The van der Waals surface area contributed by atoms with E-state index >= 15 is 0 Å². The Balaban J connectivity index is 1.93. The minimum absolute atomic E-state index is 0.171. The highest BCUT2D eigenvalue weighted by Gasteiger charge is 2.32. The van der Waals surface area contributed by atoms with Crippen LogP contribution < -0.4 is 0 Å². The predicted octanol–water partition coefficient (Wildman–Crippen LogP) is 3.34. The van der Waals surface area contributed by atoms with Crippen molar-refractivity contribution in [2.75, 3.05) is 0 Å². The fourth-order valence-corrected chi connectivity index (χ4v) is 5.42. The third kappa shape index (κ3) is 2.22. The summed E-state index contributed by atoms with van der Waals surface area (Å²) < 4.78 is 9.95. The number of aromatic nitrogens is 6. The molecule has 7 nitrogen and oxygen atoms in total. The van der Waals surface area contributed by atoms with E-state index < -0.39 is 0 Å². The van der Waals surface area contributed by atoms with Gasteiger partial charge in [-0.25, -0.2) is 9.38 Å². The molecule has 5 rings (SSSR count). The first-order chi connectivity index (χ1) is 11.9. The average molecular weight is 374 g/mol. The van der Waals surface area contributed by atoms with Gasteiger partial charge in [0.1, 0.15) is 11.2 Å². The van der Waals surface area contributed by atoms with E-state index in [0.29, 0.717) is 17.6 Å². The van der Waals surface area contributed by atoms with Crippen LogP contribution in [0.15, 0.2) is 11.5 Å². The molecule has 0 fully saturated rings. The molecule has 1 aliphatic rings. The molecule has 0 saturated heterocycles. The molecule has 130 valence electrons. The molecule has 5 heterocycles. The van der Waals surface area contributed by atoms with Crippen molar-refractivity contribution in [1.29, 1.82) is 0 Å². The quantitative estimate of drug-likeness (QED) is 0.501. The van der Waals surface area contributed by atoms with Gasteiger partial charge >= 0.3 is 0 Å². The summed E-state index contributed by atoms with van der Waals surface area (Å²) in [5.74, 6) is 0.710. The Labute approximate surface area is 152 Å². The number of hydrogen-bond acceptors (Lipinski definition) is 7. The minimum Gasteiger partial charge on any atom is -0.370 e. The summed E-state index contributed by atoms with van der Waals surface area (Å²) in [6.07, 6.45) is 2.46. The number of nitrogens with zero attached hydrogens (tertiary/aromatic N) is 6. The van der Waals surface area contributed by atoms with Crippen LogP contribution in [-0.4, -0.2) is 40.0 Å². The molecule has 0 radical (unpaired) electrons. The third-order valence-electron chi connectivity index (χ3n) is 4.39. The molecule has 0 spiro atoms. The number of thiophene rings is 1. The average Bonchev–Trinajstić information content (AvgIpc) is 3.21. The van der Waals surface area contributed by atoms with Crippen molar-refractivity contribution in [2.45, 2.75) is 56.7 Å². The monoisotopic (exact) mass is 374 g/mol. The van der Waals surface area contributed by atoms with Crippen molar-refractivity contribution in [3.63, 3.8) is 0 Å². The second-order valence-corrected chi connectivity index (χ2v) is 9.82. The van der Waals surface area contributed by atoms with Crippen LogP contribution in [-0.2, 0) is 17.8 Å². The van der Waals surface area contributed by atoms with E-state index in [1.54, 1.807) is 33.9 Å². The van der Waals surface area contributed by atoms with Crippen molar-refractivity contribution in [2.24, 2.45) is 0 Å². The van der Waals surface area contributed by atoms with Crippen LogP contribution in [0, 0.1) is 0 Å². The van der Waals surface area contributed by atoms with Crippen LogP contribution in [0.1, 0.15) is 38.1 Å². The molecule has 4 aromatic heterocycles. The second kappa shape index (κ2) is 5.15. The van der Waals surface area contributed by atoms with Crippen molar-refractivity contribution < 1.29 is 4.74 Å². The Morgan fingerprint density at radius 3 is 2.96 bits per heavy atom. The van der Waals surface area contributed by atoms with Gasteiger partial charge in [-0.05, 0) is 19.4 Å². The Kier molecular flexibility index (Phi) is 3.20. The van der Waals surface area contributed by atoms with Crippen molar-refractivity contribution in [3.05, 3.63) is 16.8 Å². The second-order valence-electron chi connectivity index (χ2n) is 7.19. The molecule has 0 amide bonds. The highest BCUT2D eigenvalue weighted by atomic mass is 32.2. The largest absolute Gasteiger partial charge is 0.370 e. The summed E-state index contributed by atoms with van der Waals surface area (Å²) in [7, 11) is 0. The Morgan fingerprint density at radius 1 is 1.32 bits per heavy atom. The summed E-state index contributed by atoms with van der Waals surface area (Å²) in [6, 6.07) is 0. The van der Waals surface area contributed by atoms with Crippen LogP contribution in [0.2, 0.25) is 0 Å². The molecule has 0 bridgehead atoms. The molecule has 4 aromatic rings. The van der Waals surface area contributed by atoms with Gasteiger partial charge in [-0.15, -0.1) is 21.5 Å². The molecular weight excluding hydrogens is 356 g/mol. The van der Waals surface area contributed by atoms with Crippen LogP contribution in [0.4, 0.5) is 0 Å². The lowest BCUT2D eigenvalue weighted by molar-refractivity contribution is -0.0379. The predicted molar refractivity (Wildman–Crippen MR) is 98.5 cm³/mol. The van der Waals surface area contributed by atoms with Crippen LogP contribution in [0.3, 0.4) is 0 Å². The Bertz CT molecular complexity index is 1120. The van der Waals surface area contributed by atoms with Gasteiger partial charge in [-0.2, -0.15) is 9.61 Å².